The first-order chi connectivity index (χ1) is 9.38. The highest BCUT2D eigenvalue weighted by atomic mass is 79.9. The Balaban J connectivity index is 2.12. The van der Waals surface area contributed by atoms with Crippen molar-refractivity contribution in [3.63, 3.8) is 0 Å². The van der Waals surface area contributed by atoms with Crippen LogP contribution in [0.3, 0.4) is 0 Å². The summed E-state index contributed by atoms with van der Waals surface area (Å²) in [5.74, 6) is 0.970. The van der Waals surface area contributed by atoms with E-state index < -0.39 is 5.60 Å². The third-order valence-corrected chi connectivity index (χ3v) is 6.17. The first kappa shape index (κ1) is 14.2. The van der Waals surface area contributed by atoms with Gasteiger partial charge in [-0.25, -0.2) is 4.98 Å². The van der Waals surface area contributed by atoms with Gasteiger partial charge in [-0.15, -0.1) is 11.3 Å². The zero-order chi connectivity index (χ0) is 14.5. The van der Waals surface area contributed by atoms with Crippen LogP contribution in [0.5, 0.6) is 0 Å². The second-order valence-electron chi connectivity index (χ2n) is 5.99. The maximum Gasteiger partial charge on any atom is 0.145 e. The molecule has 2 aromatic rings. The summed E-state index contributed by atoms with van der Waals surface area (Å²) in [7, 11) is 1.76. The molecule has 0 saturated heterocycles. The molecule has 0 aromatic carbocycles. The van der Waals surface area contributed by atoms with Gasteiger partial charge < -0.3 is 9.26 Å². The molecule has 1 aliphatic rings. The second-order valence-corrected chi connectivity index (χ2v) is 8.31. The Kier molecular flexibility index (Phi) is 3.30. The highest BCUT2D eigenvalue weighted by Crippen LogP contribution is 2.49. The van der Waals surface area contributed by atoms with Gasteiger partial charge in [-0.3, -0.25) is 0 Å². The summed E-state index contributed by atoms with van der Waals surface area (Å²) in [5.41, 5.74) is 1.61. The molecule has 1 unspecified atom stereocenters. The van der Waals surface area contributed by atoms with E-state index in [1.165, 1.54) is 0 Å². The highest BCUT2D eigenvalue weighted by molar-refractivity contribution is 9.11. The number of halogens is 1. The molecule has 0 aliphatic heterocycles. The SMILES string of the molecule is COC1(c2nc(C)c(Br)s2)Cc2cnoc2C(C)(C)C1. The molecule has 6 heteroatoms. The number of methoxy groups -OCH3 is 1. The first-order valence-electron chi connectivity index (χ1n) is 6.50. The molecule has 0 spiro atoms. The van der Waals surface area contributed by atoms with Gasteiger partial charge in [0.05, 0.1) is 15.7 Å². The number of ether oxygens (including phenoxy) is 1. The zero-order valence-corrected chi connectivity index (χ0v) is 14.4. The summed E-state index contributed by atoms with van der Waals surface area (Å²) < 4.78 is 12.5. The van der Waals surface area contributed by atoms with Gasteiger partial charge in [-0.05, 0) is 29.3 Å². The van der Waals surface area contributed by atoms with E-state index in [2.05, 4.69) is 34.9 Å². The van der Waals surface area contributed by atoms with Crippen molar-refractivity contribution >= 4 is 27.3 Å². The lowest BCUT2D eigenvalue weighted by atomic mass is 9.70. The van der Waals surface area contributed by atoms with Gasteiger partial charge in [0.1, 0.15) is 16.4 Å². The van der Waals surface area contributed by atoms with Gasteiger partial charge in [-0.1, -0.05) is 19.0 Å². The Morgan fingerprint density at radius 2 is 2.20 bits per heavy atom. The van der Waals surface area contributed by atoms with Crippen LogP contribution in [0.25, 0.3) is 0 Å². The monoisotopic (exact) mass is 356 g/mol. The average Bonchev–Trinajstić information content (AvgIpc) is 2.97. The fourth-order valence-electron chi connectivity index (χ4n) is 3.06. The second kappa shape index (κ2) is 4.64. The van der Waals surface area contributed by atoms with Gasteiger partial charge in [0.15, 0.2) is 0 Å². The van der Waals surface area contributed by atoms with Crippen molar-refractivity contribution in [2.75, 3.05) is 7.11 Å². The van der Waals surface area contributed by atoms with Crippen molar-refractivity contribution in [1.29, 1.82) is 0 Å². The van der Waals surface area contributed by atoms with Crippen molar-refractivity contribution in [2.24, 2.45) is 0 Å². The number of hydrogen-bond donors (Lipinski definition) is 0. The molecule has 4 nitrogen and oxygen atoms in total. The van der Waals surface area contributed by atoms with Crippen molar-refractivity contribution < 1.29 is 9.26 Å². The smallest absolute Gasteiger partial charge is 0.145 e. The number of rotatable bonds is 2. The predicted molar refractivity (Wildman–Crippen MR) is 81.1 cm³/mol. The zero-order valence-electron chi connectivity index (χ0n) is 12.0. The van der Waals surface area contributed by atoms with Crippen LogP contribution in [-0.2, 0) is 22.2 Å². The topological polar surface area (TPSA) is 48.2 Å². The van der Waals surface area contributed by atoms with Crippen molar-refractivity contribution in [3.8, 4) is 0 Å². The van der Waals surface area contributed by atoms with Crippen LogP contribution in [0.15, 0.2) is 14.5 Å². The number of fused-ring (bicyclic) bond motifs is 1. The van der Waals surface area contributed by atoms with E-state index in [4.69, 9.17) is 14.2 Å². The van der Waals surface area contributed by atoms with Gasteiger partial charge in [0, 0.05) is 24.5 Å². The first-order valence-corrected chi connectivity index (χ1v) is 8.11. The highest BCUT2D eigenvalue weighted by Gasteiger charge is 2.48. The van der Waals surface area contributed by atoms with Crippen molar-refractivity contribution in [2.45, 2.75) is 44.6 Å². The third-order valence-electron chi connectivity index (χ3n) is 3.98. The van der Waals surface area contributed by atoms with E-state index >= 15 is 0 Å². The van der Waals surface area contributed by atoms with E-state index in [0.717, 1.165) is 38.7 Å². The summed E-state index contributed by atoms with van der Waals surface area (Å²) in [4.78, 5) is 4.70. The fraction of sp³-hybridized carbons (Fsp3) is 0.571. The predicted octanol–water partition coefficient (Wildman–Crippen LogP) is 3.97. The molecule has 2 aromatic heterocycles. The van der Waals surface area contributed by atoms with Crippen LogP contribution in [-0.4, -0.2) is 17.3 Å². The molecule has 108 valence electrons. The van der Waals surface area contributed by atoms with Crippen LogP contribution >= 0.6 is 27.3 Å². The van der Waals surface area contributed by atoms with Crippen LogP contribution in [0, 0.1) is 6.92 Å². The summed E-state index contributed by atoms with van der Waals surface area (Å²) >= 11 is 5.21. The van der Waals surface area contributed by atoms with Crippen molar-refractivity contribution in [3.05, 3.63) is 32.0 Å². The third kappa shape index (κ3) is 2.05. The number of thiazole rings is 1. The van der Waals surface area contributed by atoms with Gasteiger partial charge in [0.25, 0.3) is 0 Å². The summed E-state index contributed by atoms with van der Waals surface area (Å²) in [6, 6.07) is 0. The molecule has 0 N–H and O–H groups in total. The Morgan fingerprint density at radius 3 is 2.80 bits per heavy atom. The van der Waals surface area contributed by atoms with E-state index in [0.29, 0.717) is 0 Å². The van der Waals surface area contributed by atoms with Gasteiger partial charge in [0.2, 0.25) is 0 Å². The van der Waals surface area contributed by atoms with E-state index in [1.54, 1.807) is 24.6 Å². The van der Waals surface area contributed by atoms with Crippen molar-refractivity contribution in [1.82, 2.24) is 10.1 Å². The minimum Gasteiger partial charge on any atom is -0.371 e. The number of hydrogen-bond acceptors (Lipinski definition) is 5. The Morgan fingerprint density at radius 1 is 1.45 bits per heavy atom. The minimum atomic E-state index is -0.399. The van der Waals surface area contributed by atoms with Gasteiger partial charge in [-0.2, -0.15) is 0 Å². The Labute approximate surface area is 130 Å². The Bertz CT molecular complexity index is 630. The maximum atomic E-state index is 5.95. The molecule has 0 fully saturated rings. The summed E-state index contributed by atoms with van der Waals surface area (Å²) in [6.45, 7) is 6.34. The van der Waals surface area contributed by atoms with Crippen LogP contribution in [0.4, 0.5) is 0 Å². The number of nitrogens with zero attached hydrogens (tertiary/aromatic N) is 2. The molecule has 1 aliphatic carbocycles. The average molecular weight is 357 g/mol. The summed E-state index contributed by atoms with van der Waals surface area (Å²) in [6.07, 6.45) is 3.39. The normalized spacial score (nSPS) is 24.6. The molecule has 20 heavy (non-hydrogen) atoms. The molecule has 0 bridgehead atoms. The van der Waals surface area contributed by atoms with E-state index in [-0.39, 0.29) is 5.41 Å². The lowest BCUT2D eigenvalue weighted by molar-refractivity contribution is -0.0476. The molecule has 3 rings (SSSR count). The molecule has 2 heterocycles. The number of aromatic nitrogens is 2. The van der Waals surface area contributed by atoms with Crippen LogP contribution < -0.4 is 0 Å². The minimum absolute atomic E-state index is 0.119. The quantitative estimate of drug-likeness (QED) is 0.816. The molecular weight excluding hydrogens is 340 g/mol. The van der Waals surface area contributed by atoms with E-state index in [1.807, 2.05) is 6.92 Å². The van der Waals surface area contributed by atoms with Crippen LogP contribution in [0.1, 0.15) is 42.3 Å². The lowest BCUT2D eigenvalue weighted by Crippen LogP contribution is -2.42. The Hall–Kier alpha value is -0.720. The largest absolute Gasteiger partial charge is 0.371 e. The molecule has 1 atom stereocenters. The molecule has 0 amide bonds. The van der Waals surface area contributed by atoms with E-state index in [9.17, 15) is 0 Å². The molecule has 0 radical (unpaired) electrons. The fourth-order valence-corrected chi connectivity index (χ4v) is 4.57. The molecular formula is C14H17BrN2O2S. The summed E-state index contributed by atoms with van der Waals surface area (Å²) in [5, 5.41) is 4.98. The van der Waals surface area contributed by atoms with Crippen LogP contribution in [0.2, 0.25) is 0 Å². The number of aryl methyl sites for hydroxylation is 1. The standard InChI is InChI=1S/C14H17BrN2O2S/c1-8-11(15)20-12(17-8)14(18-4)5-9-6-16-19-10(9)13(2,3)7-14/h6H,5,7H2,1-4H3. The lowest BCUT2D eigenvalue weighted by Gasteiger charge is -2.41. The molecule has 0 saturated carbocycles. The maximum absolute atomic E-state index is 5.95. The van der Waals surface area contributed by atoms with Gasteiger partial charge >= 0.3 is 0 Å².